The number of anilines is 1. The Kier molecular flexibility index (Phi) is 3.84. The van der Waals surface area contributed by atoms with Crippen LogP contribution in [0.1, 0.15) is 24.4 Å². The molecule has 1 unspecified atom stereocenters. The Morgan fingerprint density at radius 3 is 3.00 bits per heavy atom. The molecule has 1 aliphatic rings. The average Bonchev–Trinajstić information content (AvgIpc) is 2.40. The number of ether oxygens (including phenoxy) is 1. The van der Waals surface area contributed by atoms with Crippen LogP contribution in [-0.4, -0.2) is 26.1 Å². The molecule has 0 bridgehead atoms. The van der Waals surface area contributed by atoms with E-state index in [4.69, 9.17) is 16.2 Å². The van der Waals surface area contributed by atoms with Crippen molar-refractivity contribution in [1.29, 1.82) is 0 Å². The normalized spacial score (nSPS) is 16.2. The van der Waals surface area contributed by atoms with Gasteiger partial charge in [-0.1, -0.05) is 6.07 Å². The SMILES string of the molecule is CN1C(=O)COc2ccc(C(N)CCCN)cc21. The third-order valence-corrected chi connectivity index (χ3v) is 3.22. The van der Waals surface area contributed by atoms with Gasteiger partial charge in [-0.25, -0.2) is 0 Å². The van der Waals surface area contributed by atoms with E-state index in [9.17, 15) is 4.79 Å². The van der Waals surface area contributed by atoms with Gasteiger partial charge in [-0.15, -0.1) is 0 Å². The number of nitrogens with zero attached hydrogens (tertiary/aromatic N) is 1. The molecule has 98 valence electrons. The second kappa shape index (κ2) is 5.37. The zero-order valence-corrected chi connectivity index (χ0v) is 10.6. The maximum Gasteiger partial charge on any atom is 0.264 e. The highest BCUT2D eigenvalue weighted by Crippen LogP contribution is 2.33. The summed E-state index contributed by atoms with van der Waals surface area (Å²) in [6.45, 7) is 0.738. The molecule has 0 radical (unpaired) electrons. The van der Waals surface area contributed by atoms with E-state index in [0.29, 0.717) is 6.54 Å². The number of carbonyl (C=O) groups excluding carboxylic acids is 1. The smallest absolute Gasteiger partial charge is 0.264 e. The summed E-state index contributed by atoms with van der Waals surface area (Å²) in [7, 11) is 1.75. The van der Waals surface area contributed by atoms with Crippen LogP contribution in [-0.2, 0) is 4.79 Å². The second-order valence-corrected chi connectivity index (χ2v) is 4.51. The van der Waals surface area contributed by atoms with Crippen LogP contribution in [0.25, 0.3) is 0 Å². The van der Waals surface area contributed by atoms with Gasteiger partial charge in [0.05, 0.1) is 5.69 Å². The predicted molar refractivity (Wildman–Crippen MR) is 70.6 cm³/mol. The molecule has 0 saturated heterocycles. The fourth-order valence-corrected chi connectivity index (χ4v) is 2.02. The summed E-state index contributed by atoms with van der Waals surface area (Å²) in [5.74, 6) is 0.682. The summed E-state index contributed by atoms with van der Waals surface area (Å²) in [6, 6.07) is 5.69. The minimum absolute atomic E-state index is 0.0461. The van der Waals surface area contributed by atoms with E-state index in [1.165, 1.54) is 0 Å². The van der Waals surface area contributed by atoms with Gasteiger partial charge in [0.1, 0.15) is 5.75 Å². The molecule has 5 nitrogen and oxygen atoms in total. The summed E-state index contributed by atoms with van der Waals surface area (Å²) >= 11 is 0. The number of amides is 1. The third-order valence-electron chi connectivity index (χ3n) is 3.22. The van der Waals surface area contributed by atoms with Crippen molar-refractivity contribution < 1.29 is 9.53 Å². The lowest BCUT2D eigenvalue weighted by atomic mass is 10.0. The van der Waals surface area contributed by atoms with Crippen LogP contribution in [0.3, 0.4) is 0 Å². The van der Waals surface area contributed by atoms with E-state index in [1.807, 2.05) is 18.2 Å². The lowest BCUT2D eigenvalue weighted by Gasteiger charge is -2.27. The molecule has 18 heavy (non-hydrogen) atoms. The van der Waals surface area contributed by atoms with Crippen LogP contribution in [0, 0.1) is 0 Å². The van der Waals surface area contributed by atoms with Gasteiger partial charge in [0, 0.05) is 13.1 Å². The number of nitrogens with two attached hydrogens (primary N) is 2. The van der Waals surface area contributed by atoms with Crippen LogP contribution >= 0.6 is 0 Å². The molecular weight excluding hydrogens is 230 g/mol. The van der Waals surface area contributed by atoms with Crippen molar-refractivity contribution in [2.24, 2.45) is 11.5 Å². The van der Waals surface area contributed by atoms with Gasteiger partial charge in [-0.3, -0.25) is 4.79 Å². The van der Waals surface area contributed by atoms with E-state index >= 15 is 0 Å². The summed E-state index contributed by atoms with van der Waals surface area (Å²) in [5.41, 5.74) is 13.4. The van der Waals surface area contributed by atoms with Crippen molar-refractivity contribution in [2.45, 2.75) is 18.9 Å². The van der Waals surface area contributed by atoms with Crippen LogP contribution < -0.4 is 21.1 Å². The van der Waals surface area contributed by atoms with Crippen molar-refractivity contribution in [3.63, 3.8) is 0 Å². The highest BCUT2D eigenvalue weighted by Gasteiger charge is 2.23. The Labute approximate surface area is 107 Å². The topological polar surface area (TPSA) is 81.6 Å². The fraction of sp³-hybridized carbons (Fsp3) is 0.462. The van der Waals surface area contributed by atoms with Gasteiger partial charge in [-0.2, -0.15) is 0 Å². The van der Waals surface area contributed by atoms with Crippen molar-refractivity contribution >= 4 is 11.6 Å². The number of rotatable bonds is 4. The summed E-state index contributed by atoms with van der Waals surface area (Å²) in [6.07, 6.45) is 1.73. The Morgan fingerprint density at radius 2 is 2.28 bits per heavy atom. The highest BCUT2D eigenvalue weighted by atomic mass is 16.5. The first-order valence-corrected chi connectivity index (χ1v) is 6.12. The summed E-state index contributed by atoms with van der Waals surface area (Å²) in [4.78, 5) is 13.2. The Balaban J connectivity index is 2.23. The summed E-state index contributed by atoms with van der Waals surface area (Å²) in [5, 5.41) is 0. The minimum atomic E-state index is -0.0516. The first kappa shape index (κ1) is 12.9. The molecule has 4 N–H and O–H groups in total. The van der Waals surface area contributed by atoms with Crippen molar-refractivity contribution in [3.8, 4) is 5.75 Å². The van der Waals surface area contributed by atoms with Gasteiger partial charge in [-0.05, 0) is 37.1 Å². The Morgan fingerprint density at radius 1 is 1.50 bits per heavy atom. The van der Waals surface area contributed by atoms with Crippen molar-refractivity contribution in [1.82, 2.24) is 0 Å². The molecule has 1 atom stereocenters. The van der Waals surface area contributed by atoms with Gasteiger partial charge in [0.2, 0.25) is 0 Å². The molecule has 0 saturated carbocycles. The van der Waals surface area contributed by atoms with Crippen molar-refractivity contribution in [3.05, 3.63) is 23.8 Å². The lowest BCUT2D eigenvalue weighted by Crippen LogP contribution is -2.35. The number of benzene rings is 1. The largest absolute Gasteiger partial charge is 0.482 e. The quantitative estimate of drug-likeness (QED) is 0.826. The highest BCUT2D eigenvalue weighted by molar-refractivity contribution is 5.97. The first-order valence-electron chi connectivity index (χ1n) is 6.12. The fourth-order valence-electron chi connectivity index (χ4n) is 2.02. The maximum atomic E-state index is 11.6. The number of likely N-dealkylation sites (N-methyl/N-ethyl adjacent to an activating group) is 1. The van der Waals surface area contributed by atoms with Gasteiger partial charge >= 0.3 is 0 Å². The molecule has 0 aromatic heterocycles. The number of hydrogen-bond acceptors (Lipinski definition) is 4. The van der Waals surface area contributed by atoms with Gasteiger partial charge < -0.3 is 21.1 Å². The number of fused-ring (bicyclic) bond motifs is 1. The zero-order chi connectivity index (χ0) is 13.1. The molecule has 1 heterocycles. The molecule has 1 aromatic rings. The molecule has 1 aliphatic heterocycles. The monoisotopic (exact) mass is 249 g/mol. The minimum Gasteiger partial charge on any atom is -0.482 e. The van der Waals surface area contributed by atoms with Crippen molar-refractivity contribution in [2.75, 3.05) is 25.1 Å². The van der Waals surface area contributed by atoms with Crippen LogP contribution in [0.5, 0.6) is 5.75 Å². The molecule has 5 heteroatoms. The van der Waals surface area contributed by atoms with E-state index < -0.39 is 0 Å². The van der Waals surface area contributed by atoms with E-state index in [-0.39, 0.29) is 18.6 Å². The standard InChI is InChI=1S/C13H19N3O2/c1-16-11-7-9(10(15)3-2-6-14)4-5-12(11)18-8-13(16)17/h4-5,7,10H,2-3,6,8,14-15H2,1H3. The molecule has 1 aromatic carbocycles. The third kappa shape index (κ3) is 2.47. The molecule has 0 aliphatic carbocycles. The Bertz CT molecular complexity index is 448. The molecular formula is C13H19N3O2. The number of carbonyl (C=O) groups is 1. The molecule has 0 fully saturated rings. The maximum absolute atomic E-state index is 11.6. The Hall–Kier alpha value is -1.59. The van der Waals surface area contributed by atoms with E-state index in [2.05, 4.69) is 0 Å². The predicted octanol–water partition coefficient (Wildman–Crippen LogP) is 0.781. The summed E-state index contributed by atoms with van der Waals surface area (Å²) < 4.78 is 5.37. The van der Waals surface area contributed by atoms with Gasteiger partial charge in [0.25, 0.3) is 5.91 Å². The number of hydrogen-bond donors (Lipinski definition) is 2. The van der Waals surface area contributed by atoms with Gasteiger partial charge in [0.15, 0.2) is 6.61 Å². The second-order valence-electron chi connectivity index (χ2n) is 4.51. The van der Waals surface area contributed by atoms with E-state index in [1.54, 1.807) is 11.9 Å². The first-order chi connectivity index (χ1) is 8.63. The van der Waals surface area contributed by atoms with Crippen LogP contribution in [0.15, 0.2) is 18.2 Å². The zero-order valence-electron chi connectivity index (χ0n) is 10.6. The van der Waals surface area contributed by atoms with Crippen LogP contribution in [0.4, 0.5) is 5.69 Å². The molecule has 0 spiro atoms. The van der Waals surface area contributed by atoms with Crippen LogP contribution in [0.2, 0.25) is 0 Å². The van der Waals surface area contributed by atoms with E-state index in [0.717, 1.165) is 29.8 Å². The molecule has 1 amide bonds. The molecule has 2 rings (SSSR count). The average molecular weight is 249 g/mol. The lowest BCUT2D eigenvalue weighted by molar-refractivity contribution is -0.120.